The van der Waals surface area contributed by atoms with Crippen LogP contribution in [0.15, 0.2) is 54.6 Å². The average molecular weight is 285 g/mol. The maximum Gasteiger partial charge on any atom is 0.121 e. The molecule has 2 rings (SSSR count). The molecule has 3 N–H and O–H groups in total. The highest BCUT2D eigenvalue weighted by Gasteiger charge is 2.23. The molecular formula is C18H23NO2. The van der Waals surface area contributed by atoms with Crippen LogP contribution < -0.4 is 10.5 Å². The molecule has 2 aromatic carbocycles. The summed E-state index contributed by atoms with van der Waals surface area (Å²) >= 11 is 0. The van der Waals surface area contributed by atoms with Crippen molar-refractivity contribution in [2.24, 2.45) is 5.73 Å². The lowest BCUT2D eigenvalue weighted by atomic mass is 9.97. The summed E-state index contributed by atoms with van der Waals surface area (Å²) in [5.41, 5.74) is 6.91. The summed E-state index contributed by atoms with van der Waals surface area (Å²) in [5, 5.41) is 10.5. The van der Waals surface area contributed by atoms with E-state index in [1.165, 1.54) is 0 Å². The van der Waals surface area contributed by atoms with Crippen LogP contribution in [0.4, 0.5) is 0 Å². The molecular weight excluding hydrogens is 262 g/mol. The van der Waals surface area contributed by atoms with Gasteiger partial charge in [0.05, 0.1) is 0 Å². The molecule has 0 bridgehead atoms. The largest absolute Gasteiger partial charge is 0.490 e. The standard InChI is InChI=1S/C18H23NO2/c1-3-17(19)14-9-11-16(12-10-14)21-13-18(2,20)15-7-5-4-6-8-15/h4-12,17,20H,3,13,19H2,1-2H3/t17-,18?/m1/s1. The third kappa shape index (κ3) is 4.06. The summed E-state index contributed by atoms with van der Waals surface area (Å²) in [6, 6.07) is 17.3. The Morgan fingerprint density at radius 3 is 2.29 bits per heavy atom. The lowest BCUT2D eigenvalue weighted by Gasteiger charge is -2.24. The van der Waals surface area contributed by atoms with Gasteiger partial charge in [-0.3, -0.25) is 0 Å². The van der Waals surface area contributed by atoms with Crippen LogP contribution in [0.3, 0.4) is 0 Å². The molecule has 21 heavy (non-hydrogen) atoms. The highest BCUT2D eigenvalue weighted by Crippen LogP contribution is 2.23. The summed E-state index contributed by atoms with van der Waals surface area (Å²) in [4.78, 5) is 0. The van der Waals surface area contributed by atoms with E-state index in [0.717, 1.165) is 23.3 Å². The molecule has 0 spiro atoms. The predicted octanol–water partition coefficient (Wildman–Crippen LogP) is 3.38. The average Bonchev–Trinajstić information content (AvgIpc) is 2.53. The molecule has 0 radical (unpaired) electrons. The van der Waals surface area contributed by atoms with Gasteiger partial charge < -0.3 is 15.6 Å². The molecule has 0 fully saturated rings. The quantitative estimate of drug-likeness (QED) is 0.855. The zero-order valence-electron chi connectivity index (χ0n) is 12.6. The fourth-order valence-electron chi connectivity index (χ4n) is 2.15. The molecule has 0 aliphatic rings. The first-order valence-corrected chi connectivity index (χ1v) is 7.29. The van der Waals surface area contributed by atoms with E-state index in [1.54, 1.807) is 6.92 Å². The van der Waals surface area contributed by atoms with E-state index in [0.29, 0.717) is 0 Å². The van der Waals surface area contributed by atoms with Crippen molar-refractivity contribution in [3.05, 3.63) is 65.7 Å². The van der Waals surface area contributed by atoms with Crippen LogP contribution in [0.1, 0.15) is 37.4 Å². The summed E-state index contributed by atoms with van der Waals surface area (Å²) < 4.78 is 5.70. The Morgan fingerprint density at radius 2 is 1.71 bits per heavy atom. The maximum absolute atomic E-state index is 10.5. The van der Waals surface area contributed by atoms with Crippen molar-refractivity contribution >= 4 is 0 Å². The van der Waals surface area contributed by atoms with Gasteiger partial charge in [0, 0.05) is 6.04 Å². The van der Waals surface area contributed by atoms with Crippen molar-refractivity contribution in [2.75, 3.05) is 6.61 Å². The molecule has 0 saturated carbocycles. The SMILES string of the molecule is CC[C@@H](N)c1ccc(OCC(C)(O)c2ccccc2)cc1. The number of hydrogen-bond acceptors (Lipinski definition) is 3. The van der Waals surface area contributed by atoms with Crippen LogP contribution in [0.5, 0.6) is 5.75 Å². The van der Waals surface area contributed by atoms with Crippen molar-refractivity contribution in [2.45, 2.75) is 31.9 Å². The van der Waals surface area contributed by atoms with E-state index in [1.807, 2.05) is 54.6 Å². The molecule has 112 valence electrons. The minimum atomic E-state index is -1.01. The summed E-state index contributed by atoms with van der Waals surface area (Å²) in [5.74, 6) is 0.734. The topological polar surface area (TPSA) is 55.5 Å². The Hall–Kier alpha value is -1.84. The fourth-order valence-corrected chi connectivity index (χ4v) is 2.15. The minimum absolute atomic E-state index is 0.0616. The highest BCUT2D eigenvalue weighted by atomic mass is 16.5. The van der Waals surface area contributed by atoms with Gasteiger partial charge in [-0.05, 0) is 36.6 Å². The molecule has 0 amide bonds. The molecule has 1 unspecified atom stereocenters. The Kier molecular flexibility index (Phi) is 4.99. The lowest BCUT2D eigenvalue weighted by Crippen LogP contribution is -2.29. The van der Waals surface area contributed by atoms with Gasteiger partial charge in [-0.25, -0.2) is 0 Å². The number of ether oxygens (including phenoxy) is 1. The summed E-state index contributed by atoms with van der Waals surface area (Å²) in [7, 11) is 0. The van der Waals surface area contributed by atoms with E-state index in [9.17, 15) is 5.11 Å². The van der Waals surface area contributed by atoms with E-state index in [-0.39, 0.29) is 12.6 Å². The lowest BCUT2D eigenvalue weighted by molar-refractivity contribution is 0.00759. The first-order valence-electron chi connectivity index (χ1n) is 7.29. The van der Waals surface area contributed by atoms with Gasteiger partial charge in [-0.1, -0.05) is 49.4 Å². The van der Waals surface area contributed by atoms with Gasteiger partial charge in [0.25, 0.3) is 0 Å². The van der Waals surface area contributed by atoms with Crippen LogP contribution >= 0.6 is 0 Å². The van der Waals surface area contributed by atoms with Crippen LogP contribution in [-0.4, -0.2) is 11.7 Å². The summed E-state index contributed by atoms with van der Waals surface area (Å²) in [6.07, 6.45) is 0.906. The van der Waals surface area contributed by atoms with Crippen LogP contribution in [0.2, 0.25) is 0 Å². The maximum atomic E-state index is 10.5. The second-order valence-electron chi connectivity index (χ2n) is 5.51. The first kappa shape index (κ1) is 15.5. The van der Waals surface area contributed by atoms with Gasteiger partial charge in [-0.15, -0.1) is 0 Å². The van der Waals surface area contributed by atoms with E-state index < -0.39 is 5.60 Å². The van der Waals surface area contributed by atoms with Crippen LogP contribution in [0, 0.1) is 0 Å². The van der Waals surface area contributed by atoms with Gasteiger partial charge >= 0.3 is 0 Å². The van der Waals surface area contributed by atoms with Crippen molar-refractivity contribution in [3.8, 4) is 5.75 Å². The number of hydrogen-bond donors (Lipinski definition) is 2. The normalized spacial score (nSPS) is 15.2. The highest BCUT2D eigenvalue weighted by molar-refractivity contribution is 5.29. The third-order valence-electron chi connectivity index (χ3n) is 3.66. The van der Waals surface area contributed by atoms with Crippen molar-refractivity contribution in [1.82, 2.24) is 0 Å². The van der Waals surface area contributed by atoms with Crippen LogP contribution in [-0.2, 0) is 5.60 Å². The molecule has 0 saturated heterocycles. The molecule has 3 heteroatoms. The van der Waals surface area contributed by atoms with Gasteiger partial charge in [0.2, 0.25) is 0 Å². The Bertz CT molecular complexity index is 549. The van der Waals surface area contributed by atoms with Crippen molar-refractivity contribution < 1.29 is 9.84 Å². The Balaban J connectivity index is 1.99. The predicted molar refractivity (Wildman–Crippen MR) is 85.2 cm³/mol. The Morgan fingerprint density at radius 1 is 1.10 bits per heavy atom. The second-order valence-corrected chi connectivity index (χ2v) is 5.51. The zero-order valence-corrected chi connectivity index (χ0v) is 12.6. The van der Waals surface area contributed by atoms with E-state index >= 15 is 0 Å². The molecule has 3 nitrogen and oxygen atoms in total. The van der Waals surface area contributed by atoms with Gasteiger partial charge in [0.15, 0.2) is 0 Å². The van der Waals surface area contributed by atoms with Crippen molar-refractivity contribution in [3.63, 3.8) is 0 Å². The van der Waals surface area contributed by atoms with Crippen LogP contribution in [0.25, 0.3) is 0 Å². The fraction of sp³-hybridized carbons (Fsp3) is 0.333. The number of benzene rings is 2. The van der Waals surface area contributed by atoms with Gasteiger partial charge in [-0.2, -0.15) is 0 Å². The molecule has 0 aromatic heterocycles. The molecule has 2 aromatic rings. The molecule has 2 atom stereocenters. The van der Waals surface area contributed by atoms with Gasteiger partial charge in [0.1, 0.15) is 18.0 Å². The first-order chi connectivity index (χ1) is 10.0. The Labute approximate surface area is 126 Å². The number of aliphatic hydroxyl groups is 1. The van der Waals surface area contributed by atoms with E-state index in [2.05, 4.69) is 6.92 Å². The summed E-state index contributed by atoms with van der Waals surface area (Å²) in [6.45, 7) is 4.02. The number of nitrogens with two attached hydrogens (primary N) is 1. The third-order valence-corrected chi connectivity index (χ3v) is 3.66. The number of rotatable bonds is 6. The monoisotopic (exact) mass is 285 g/mol. The zero-order chi connectivity index (χ0) is 15.3. The smallest absolute Gasteiger partial charge is 0.121 e. The molecule has 0 aliphatic heterocycles. The second kappa shape index (κ2) is 6.74. The molecule has 0 aliphatic carbocycles. The molecule has 0 heterocycles. The van der Waals surface area contributed by atoms with Crippen molar-refractivity contribution in [1.29, 1.82) is 0 Å². The minimum Gasteiger partial charge on any atom is -0.490 e. The van der Waals surface area contributed by atoms with E-state index in [4.69, 9.17) is 10.5 Å².